The summed E-state index contributed by atoms with van der Waals surface area (Å²) in [5.74, 6) is 0. The molecule has 0 amide bonds. The lowest BCUT2D eigenvalue weighted by molar-refractivity contribution is 0.956. The fraction of sp³-hybridized carbons (Fsp3) is 0.500. The number of rotatable bonds is 2. The lowest BCUT2D eigenvalue weighted by Crippen LogP contribution is -1.97. The van der Waals surface area contributed by atoms with E-state index in [2.05, 4.69) is 5.32 Å². The molecule has 1 nitrogen and oxygen atoms in total. The Balaban J connectivity index is 2.19. The fourth-order valence-electron chi connectivity index (χ4n) is 0.167. The molecule has 1 N–H and O–H groups in total. The number of hydrogen-bond acceptors (Lipinski definition) is 1. The molecule has 0 bridgehead atoms. The first-order valence-electron chi connectivity index (χ1n) is 1.73. The maximum Gasteiger partial charge on any atom is 0.0193 e. The largest absolute Gasteiger partial charge is 0.309 e. The van der Waals surface area contributed by atoms with Gasteiger partial charge in [0.15, 0.2) is 0 Å². The van der Waals surface area contributed by atoms with Crippen molar-refractivity contribution in [1.29, 1.82) is 0 Å². The quantitative estimate of drug-likeness (QED) is 0.511. The minimum absolute atomic E-state index is 1.88. The van der Waals surface area contributed by atoms with Crippen LogP contribution in [0.4, 0.5) is 0 Å². The Labute approximate surface area is 33.4 Å². The zero-order chi connectivity index (χ0) is 4.12. The highest BCUT2D eigenvalue weighted by molar-refractivity contribution is 4.57. The van der Waals surface area contributed by atoms with E-state index in [9.17, 15) is 0 Å². The van der Waals surface area contributed by atoms with Crippen molar-refractivity contribution < 1.29 is 0 Å². The standard InChI is InChI=1S/C4H9N/c1-3-5-4-2/h3-5H,1-2H3. The van der Waals surface area contributed by atoms with Crippen LogP contribution < -0.4 is 5.32 Å². The summed E-state index contributed by atoms with van der Waals surface area (Å²) in [6.45, 7) is 7.64. The van der Waals surface area contributed by atoms with Crippen LogP contribution in [0.15, 0.2) is 0 Å². The van der Waals surface area contributed by atoms with Crippen LogP contribution >= 0.6 is 0 Å². The van der Waals surface area contributed by atoms with E-state index in [-0.39, 0.29) is 0 Å². The van der Waals surface area contributed by atoms with Crippen molar-refractivity contribution in [3.63, 3.8) is 0 Å². The van der Waals surface area contributed by atoms with E-state index in [0.29, 0.717) is 0 Å². The summed E-state index contributed by atoms with van der Waals surface area (Å²) in [5.41, 5.74) is 0. The molecule has 5 heavy (non-hydrogen) atoms. The van der Waals surface area contributed by atoms with Crippen LogP contribution in [0.1, 0.15) is 13.8 Å². The average Bonchev–Trinajstić information content (AvgIpc) is 1.41. The van der Waals surface area contributed by atoms with Crippen LogP contribution in [0.2, 0.25) is 0 Å². The van der Waals surface area contributed by atoms with E-state index in [1.54, 1.807) is 0 Å². The molecular weight excluding hydrogens is 62.1 g/mol. The topological polar surface area (TPSA) is 12.0 Å². The first-order chi connectivity index (χ1) is 2.41. The van der Waals surface area contributed by atoms with Crippen LogP contribution in [0.25, 0.3) is 0 Å². The number of hydrogen-bond donors (Lipinski definition) is 1. The third-order valence-electron chi connectivity index (χ3n) is 0.333. The van der Waals surface area contributed by atoms with Gasteiger partial charge in [0.05, 0.1) is 0 Å². The summed E-state index contributed by atoms with van der Waals surface area (Å²) in [4.78, 5) is 0. The van der Waals surface area contributed by atoms with Crippen LogP contribution in [0.5, 0.6) is 0 Å². The molecule has 0 aliphatic heterocycles. The molecule has 0 fully saturated rings. The molecule has 1 heteroatoms. The molecular formula is C4H9N. The van der Waals surface area contributed by atoms with Gasteiger partial charge in [-0.1, -0.05) is 0 Å². The molecule has 0 aliphatic rings. The zero-order valence-electron chi connectivity index (χ0n) is 3.65. The third kappa shape index (κ3) is 3.96. The van der Waals surface area contributed by atoms with E-state index >= 15 is 0 Å². The minimum Gasteiger partial charge on any atom is -0.309 e. The Bertz CT molecular complexity index is 11.1. The van der Waals surface area contributed by atoms with Crippen molar-refractivity contribution in [2.75, 3.05) is 0 Å². The van der Waals surface area contributed by atoms with Gasteiger partial charge < -0.3 is 5.32 Å². The minimum atomic E-state index is 1.88. The summed E-state index contributed by atoms with van der Waals surface area (Å²) >= 11 is 0. The average molecular weight is 71.1 g/mol. The lowest BCUT2D eigenvalue weighted by Gasteiger charge is -1.84. The van der Waals surface area contributed by atoms with Crippen LogP contribution in [-0.4, -0.2) is 0 Å². The number of nitrogens with one attached hydrogen (secondary N) is 1. The highest BCUT2D eigenvalue weighted by Crippen LogP contribution is 1.62. The van der Waals surface area contributed by atoms with E-state index < -0.39 is 0 Å². The van der Waals surface area contributed by atoms with E-state index in [1.807, 2.05) is 26.9 Å². The molecule has 0 unspecified atom stereocenters. The van der Waals surface area contributed by atoms with E-state index in [4.69, 9.17) is 0 Å². The lowest BCUT2D eigenvalue weighted by atomic mass is 10.7. The van der Waals surface area contributed by atoms with E-state index in [0.717, 1.165) is 0 Å². The summed E-state index contributed by atoms with van der Waals surface area (Å²) in [5, 5.41) is 2.86. The monoisotopic (exact) mass is 71.1 g/mol. The van der Waals surface area contributed by atoms with Gasteiger partial charge in [-0.05, 0) is 13.8 Å². The van der Waals surface area contributed by atoms with Gasteiger partial charge in [-0.25, -0.2) is 0 Å². The highest BCUT2D eigenvalue weighted by Gasteiger charge is 1.64. The van der Waals surface area contributed by atoms with Crippen LogP contribution in [0.3, 0.4) is 0 Å². The van der Waals surface area contributed by atoms with Gasteiger partial charge in [0, 0.05) is 13.1 Å². The second kappa shape index (κ2) is 3.96. The molecule has 0 aliphatic carbocycles. The maximum absolute atomic E-state index is 2.86. The summed E-state index contributed by atoms with van der Waals surface area (Å²) < 4.78 is 0. The molecule has 0 aromatic carbocycles. The predicted octanol–water partition coefficient (Wildman–Crippen LogP) is 0.939. The Kier molecular flexibility index (Phi) is 3.93. The molecule has 2 radical (unpaired) electrons. The van der Waals surface area contributed by atoms with Crippen LogP contribution in [0, 0.1) is 13.1 Å². The molecule has 0 spiro atoms. The van der Waals surface area contributed by atoms with E-state index in [1.165, 1.54) is 0 Å². The Morgan fingerprint density at radius 3 is 1.60 bits per heavy atom. The molecule has 0 aromatic rings. The smallest absolute Gasteiger partial charge is 0.0193 e. The Hall–Kier alpha value is -0.0400. The molecule has 0 atom stereocenters. The first kappa shape index (κ1) is 4.96. The molecule has 0 heterocycles. The summed E-state index contributed by atoms with van der Waals surface area (Å²) in [6, 6.07) is 0. The predicted molar refractivity (Wildman–Crippen MR) is 23.1 cm³/mol. The fourth-order valence-corrected chi connectivity index (χ4v) is 0.167. The van der Waals surface area contributed by atoms with Gasteiger partial charge in [0.2, 0.25) is 0 Å². The van der Waals surface area contributed by atoms with Crippen molar-refractivity contribution in [2.45, 2.75) is 13.8 Å². The SMILES string of the molecule is C[CH]N[CH]C. The van der Waals surface area contributed by atoms with Crippen molar-refractivity contribution in [1.82, 2.24) is 5.32 Å². The summed E-state index contributed by atoms with van der Waals surface area (Å²) in [7, 11) is 0. The van der Waals surface area contributed by atoms with Gasteiger partial charge >= 0.3 is 0 Å². The summed E-state index contributed by atoms with van der Waals surface area (Å²) in [6.07, 6.45) is 0. The normalized spacial score (nSPS) is 8.40. The zero-order valence-corrected chi connectivity index (χ0v) is 3.65. The third-order valence-corrected chi connectivity index (χ3v) is 0.333. The van der Waals surface area contributed by atoms with Crippen LogP contribution in [-0.2, 0) is 0 Å². The molecule has 0 rings (SSSR count). The van der Waals surface area contributed by atoms with Gasteiger partial charge in [-0.3, -0.25) is 0 Å². The van der Waals surface area contributed by atoms with Crippen molar-refractivity contribution in [3.8, 4) is 0 Å². The first-order valence-corrected chi connectivity index (χ1v) is 1.73. The highest BCUT2D eigenvalue weighted by atomic mass is 14.8. The molecule has 0 saturated heterocycles. The van der Waals surface area contributed by atoms with Crippen molar-refractivity contribution >= 4 is 0 Å². The molecule has 0 saturated carbocycles. The Morgan fingerprint density at radius 2 is 1.60 bits per heavy atom. The van der Waals surface area contributed by atoms with Gasteiger partial charge in [0.25, 0.3) is 0 Å². The van der Waals surface area contributed by atoms with Crippen molar-refractivity contribution in [2.24, 2.45) is 0 Å². The van der Waals surface area contributed by atoms with Gasteiger partial charge in [-0.15, -0.1) is 0 Å². The second-order valence-corrected chi connectivity index (χ2v) is 0.744. The molecule has 30 valence electrons. The van der Waals surface area contributed by atoms with Crippen molar-refractivity contribution in [3.05, 3.63) is 13.1 Å². The Morgan fingerprint density at radius 1 is 1.20 bits per heavy atom. The second-order valence-electron chi connectivity index (χ2n) is 0.744. The molecule has 0 aromatic heterocycles. The maximum atomic E-state index is 2.86. The van der Waals surface area contributed by atoms with Gasteiger partial charge in [-0.2, -0.15) is 0 Å². The van der Waals surface area contributed by atoms with Gasteiger partial charge in [0.1, 0.15) is 0 Å².